The Kier molecular flexibility index (Phi) is 8.76. The van der Waals surface area contributed by atoms with Gasteiger partial charge in [0.1, 0.15) is 17.1 Å². The average molecular weight is 514 g/mol. The molecule has 3 atom stereocenters. The molecule has 15 heteroatoms. The normalized spacial score (nSPS) is 19.9. The summed E-state index contributed by atoms with van der Waals surface area (Å²) in [4.78, 5) is 49.7. The fourth-order valence-corrected chi connectivity index (χ4v) is 5.83. The summed E-state index contributed by atoms with van der Waals surface area (Å²) >= 11 is 2.61. The predicted molar refractivity (Wildman–Crippen MR) is 121 cm³/mol. The maximum Gasteiger partial charge on any atom is 0.352 e. The van der Waals surface area contributed by atoms with Gasteiger partial charge in [0, 0.05) is 53.7 Å². The van der Waals surface area contributed by atoms with Gasteiger partial charge in [0.05, 0.1) is 0 Å². The number of aromatic nitrogens is 4. The molecule has 1 fully saturated rings. The number of benzene rings is 1. The van der Waals surface area contributed by atoms with Crippen LogP contribution in [0.5, 0.6) is 0 Å². The summed E-state index contributed by atoms with van der Waals surface area (Å²) in [5.41, 5.74) is 0.910. The number of rotatable bonds is 9. The minimum Gasteiger partial charge on any atom is -0.477 e. The van der Waals surface area contributed by atoms with Gasteiger partial charge in [0.2, 0.25) is 11.3 Å². The molecule has 2 aliphatic rings. The first-order chi connectivity index (χ1) is 15.9. The molecule has 2 aliphatic heterocycles. The number of ether oxygens (including phenoxy) is 1. The van der Waals surface area contributed by atoms with E-state index in [-0.39, 0.29) is 41.7 Å². The van der Waals surface area contributed by atoms with E-state index < -0.39 is 35.3 Å². The monoisotopic (exact) mass is 513 g/mol. The first-order valence-electron chi connectivity index (χ1n) is 9.62. The summed E-state index contributed by atoms with van der Waals surface area (Å²) in [7, 11) is 1.67. The Morgan fingerprint density at radius 2 is 2.12 bits per heavy atom. The number of fused-ring (bicyclic) bond motifs is 1. The number of carboxylic acids is 1. The molecule has 2 amide bonds. The van der Waals surface area contributed by atoms with Crippen molar-refractivity contribution in [3.05, 3.63) is 47.2 Å². The summed E-state index contributed by atoms with van der Waals surface area (Å²) in [6.07, 6.45) is -1.22. The van der Waals surface area contributed by atoms with Gasteiger partial charge in [-0.05, 0) is 16.0 Å². The maximum absolute atomic E-state index is 12.8. The standard InChI is InChI=1S/C19H18N6O6S2.Na/c1-24-19(21-22-23-24)33-8-11-7-32-17-12(16(28)25(17)13(11)18(29)30)20-15(27)14(31-9-26)10-5-3-2-4-6-10;/h2-6,9,12,14,17H,7-8H2,1H3,(H,20,27)(H,29,30);. The van der Waals surface area contributed by atoms with Gasteiger partial charge in [-0.1, -0.05) is 42.1 Å². The van der Waals surface area contributed by atoms with Gasteiger partial charge in [0.15, 0.2) is 0 Å². The molecule has 1 aromatic carbocycles. The Balaban J connectivity index is 0.00000324. The van der Waals surface area contributed by atoms with Crippen LogP contribution >= 0.6 is 23.5 Å². The molecule has 2 aromatic rings. The topological polar surface area (TPSA) is 157 Å². The van der Waals surface area contributed by atoms with E-state index in [0.29, 0.717) is 27.8 Å². The van der Waals surface area contributed by atoms with E-state index in [1.54, 1.807) is 37.4 Å². The number of hydrogen-bond acceptors (Lipinski definition) is 10. The van der Waals surface area contributed by atoms with Crippen LogP contribution in [0.2, 0.25) is 0 Å². The van der Waals surface area contributed by atoms with Crippen molar-refractivity contribution in [3.63, 3.8) is 0 Å². The van der Waals surface area contributed by atoms with E-state index in [9.17, 15) is 24.3 Å². The Morgan fingerprint density at radius 1 is 1.38 bits per heavy atom. The predicted octanol–water partition coefficient (Wildman–Crippen LogP) is -0.426. The van der Waals surface area contributed by atoms with Crippen LogP contribution in [0.1, 0.15) is 11.7 Å². The fourth-order valence-electron chi connectivity index (χ4n) is 3.49. The van der Waals surface area contributed by atoms with E-state index in [1.165, 1.54) is 33.1 Å². The molecule has 173 valence electrons. The van der Waals surface area contributed by atoms with Crippen molar-refractivity contribution in [2.75, 3.05) is 11.5 Å². The minimum absolute atomic E-state index is 0. The summed E-state index contributed by atoms with van der Waals surface area (Å²) in [6.45, 7) is 0.170. The summed E-state index contributed by atoms with van der Waals surface area (Å²) < 4.78 is 6.40. The molecular formula is C19H18N6NaO6S2. The molecule has 0 bridgehead atoms. The Morgan fingerprint density at radius 3 is 2.74 bits per heavy atom. The molecule has 1 aromatic heterocycles. The van der Waals surface area contributed by atoms with Crippen LogP contribution in [0, 0.1) is 0 Å². The van der Waals surface area contributed by atoms with Crippen molar-refractivity contribution < 1.29 is 29.0 Å². The summed E-state index contributed by atoms with van der Waals surface area (Å²) in [5, 5.41) is 23.4. The number of amides is 2. The van der Waals surface area contributed by atoms with Crippen LogP contribution in [0.25, 0.3) is 0 Å². The number of nitrogens with one attached hydrogen (secondary N) is 1. The number of β-lactam (4-membered cyclic amide) rings is 1. The van der Waals surface area contributed by atoms with Crippen LogP contribution in [-0.4, -0.2) is 107 Å². The van der Waals surface area contributed by atoms with E-state index in [0.717, 1.165) is 0 Å². The second kappa shape index (κ2) is 11.4. The average Bonchev–Trinajstić information content (AvgIpc) is 3.23. The summed E-state index contributed by atoms with van der Waals surface area (Å²) in [6, 6.07) is 7.45. The van der Waals surface area contributed by atoms with Crippen LogP contribution in [-0.2, 0) is 31.0 Å². The Hall–Kier alpha value is -2.39. The third-order valence-electron chi connectivity index (χ3n) is 5.04. The molecule has 4 rings (SSSR count). The van der Waals surface area contributed by atoms with Crippen molar-refractivity contribution in [1.29, 1.82) is 0 Å². The number of tetrazole rings is 1. The molecule has 1 saturated heterocycles. The van der Waals surface area contributed by atoms with Gasteiger partial charge in [-0.25, -0.2) is 9.48 Å². The van der Waals surface area contributed by atoms with Crippen molar-refractivity contribution >= 4 is 77.3 Å². The van der Waals surface area contributed by atoms with Gasteiger partial charge < -0.3 is 15.2 Å². The van der Waals surface area contributed by atoms with Gasteiger partial charge in [0.25, 0.3) is 18.3 Å². The first kappa shape index (κ1) is 26.2. The molecular weight excluding hydrogens is 495 g/mol. The number of carbonyl (C=O) groups excluding carboxylic acids is 3. The number of thioether (sulfide) groups is 2. The maximum atomic E-state index is 12.8. The molecule has 0 saturated carbocycles. The molecule has 1 radical (unpaired) electrons. The largest absolute Gasteiger partial charge is 0.477 e. The molecule has 0 aliphatic carbocycles. The molecule has 3 unspecified atom stereocenters. The SMILES string of the molecule is Cn1nnnc1SCC1=C(C(=O)O)N2C(=O)C(NC(=O)C(OC=O)c3ccccc3)C2SC1.[Na]. The van der Waals surface area contributed by atoms with Crippen LogP contribution in [0.3, 0.4) is 0 Å². The van der Waals surface area contributed by atoms with Crippen LogP contribution in [0.4, 0.5) is 0 Å². The van der Waals surface area contributed by atoms with E-state index in [4.69, 9.17) is 4.74 Å². The molecule has 0 spiro atoms. The third kappa shape index (κ3) is 5.15. The number of carboxylic acid groups (broad SMARTS) is 1. The number of hydrogen-bond donors (Lipinski definition) is 2. The molecule has 2 N–H and O–H groups in total. The van der Waals surface area contributed by atoms with Gasteiger partial charge >= 0.3 is 5.97 Å². The number of carbonyl (C=O) groups is 4. The number of nitrogens with zero attached hydrogens (tertiary/aromatic N) is 5. The van der Waals surface area contributed by atoms with Gasteiger partial charge in [-0.2, -0.15) is 0 Å². The third-order valence-corrected chi connectivity index (χ3v) is 7.47. The number of aliphatic carboxylic acids is 1. The fraction of sp³-hybridized carbons (Fsp3) is 0.316. The minimum atomic E-state index is -1.23. The second-order valence-electron chi connectivity index (χ2n) is 7.05. The molecule has 3 heterocycles. The smallest absolute Gasteiger partial charge is 0.352 e. The summed E-state index contributed by atoms with van der Waals surface area (Å²) in [5.74, 6) is -1.79. The van der Waals surface area contributed by atoms with E-state index in [1.807, 2.05) is 0 Å². The zero-order chi connectivity index (χ0) is 23.5. The van der Waals surface area contributed by atoms with E-state index >= 15 is 0 Å². The molecule has 34 heavy (non-hydrogen) atoms. The first-order valence-corrected chi connectivity index (χ1v) is 11.7. The quantitative estimate of drug-likeness (QED) is 0.194. The Labute approximate surface area is 224 Å². The zero-order valence-electron chi connectivity index (χ0n) is 18.2. The van der Waals surface area contributed by atoms with Crippen LogP contribution < -0.4 is 5.32 Å². The van der Waals surface area contributed by atoms with Gasteiger partial charge in [-0.3, -0.25) is 19.3 Å². The number of aryl methyl sites for hydroxylation is 1. The van der Waals surface area contributed by atoms with Crippen molar-refractivity contribution in [3.8, 4) is 0 Å². The van der Waals surface area contributed by atoms with Gasteiger partial charge in [-0.15, -0.1) is 16.9 Å². The zero-order valence-corrected chi connectivity index (χ0v) is 21.8. The molecule has 12 nitrogen and oxygen atoms in total. The van der Waals surface area contributed by atoms with Crippen molar-refractivity contribution in [2.24, 2.45) is 7.05 Å². The van der Waals surface area contributed by atoms with Crippen molar-refractivity contribution in [1.82, 2.24) is 30.4 Å². The van der Waals surface area contributed by atoms with Crippen LogP contribution in [0.15, 0.2) is 46.8 Å². The Bertz CT molecular complexity index is 1130. The van der Waals surface area contributed by atoms with Crippen molar-refractivity contribution in [2.45, 2.75) is 22.7 Å². The second-order valence-corrected chi connectivity index (χ2v) is 9.10. The van der Waals surface area contributed by atoms with E-state index in [2.05, 4.69) is 20.8 Å².